The second-order valence-electron chi connectivity index (χ2n) is 4.10. The maximum absolute atomic E-state index is 11.7. The lowest BCUT2D eigenvalue weighted by Crippen LogP contribution is -2.28. The van der Waals surface area contributed by atoms with Gasteiger partial charge in [0.05, 0.1) is 12.3 Å². The van der Waals surface area contributed by atoms with Crippen molar-refractivity contribution in [2.75, 3.05) is 18.8 Å². The average Bonchev–Trinajstić information content (AvgIpc) is 3.05. The third-order valence-corrected chi connectivity index (χ3v) is 5.13. The fourth-order valence-electron chi connectivity index (χ4n) is 1.77. The zero-order valence-electron chi connectivity index (χ0n) is 10.1. The summed E-state index contributed by atoms with van der Waals surface area (Å²) in [7, 11) is 0. The van der Waals surface area contributed by atoms with E-state index in [-0.39, 0.29) is 5.91 Å². The molecular formula is C12H16N2OS3. The Kier molecular flexibility index (Phi) is 5.46. The van der Waals surface area contributed by atoms with Crippen molar-refractivity contribution in [3.8, 4) is 0 Å². The number of nitrogens with one attached hydrogen (secondary N) is 1. The van der Waals surface area contributed by atoms with Crippen LogP contribution >= 0.6 is 35.3 Å². The van der Waals surface area contributed by atoms with Gasteiger partial charge in [-0.3, -0.25) is 4.79 Å². The second-order valence-corrected chi connectivity index (χ2v) is 6.75. The minimum absolute atomic E-state index is 0.0509. The molecule has 0 aromatic carbocycles. The molecule has 2 heterocycles. The highest BCUT2D eigenvalue weighted by Gasteiger charge is 2.15. The molecule has 1 aliphatic heterocycles. The molecule has 2 rings (SSSR count). The Labute approximate surface area is 121 Å². The van der Waals surface area contributed by atoms with E-state index < -0.39 is 0 Å². The standard InChI is InChI=1S/C12H16N2OS3/c15-11(13-8-10-4-3-7-17-10)9-18-12(16)14-5-1-2-6-14/h3-4,7H,1-2,5-6,8-9H2,(H,13,15). The van der Waals surface area contributed by atoms with E-state index >= 15 is 0 Å². The number of hydrogen-bond acceptors (Lipinski definition) is 4. The molecule has 0 aliphatic carbocycles. The van der Waals surface area contributed by atoms with Crippen LogP contribution in [0.1, 0.15) is 17.7 Å². The number of hydrogen-bond donors (Lipinski definition) is 1. The number of rotatable bonds is 4. The van der Waals surface area contributed by atoms with Crippen LogP contribution in [-0.2, 0) is 11.3 Å². The largest absolute Gasteiger partial charge is 0.358 e. The van der Waals surface area contributed by atoms with Gasteiger partial charge < -0.3 is 10.2 Å². The van der Waals surface area contributed by atoms with E-state index in [4.69, 9.17) is 12.2 Å². The number of amides is 1. The first-order valence-corrected chi connectivity index (χ1v) is 8.24. The first-order chi connectivity index (χ1) is 8.75. The molecule has 0 saturated carbocycles. The Morgan fingerprint density at radius 2 is 2.28 bits per heavy atom. The highest BCUT2D eigenvalue weighted by atomic mass is 32.2. The predicted molar refractivity (Wildman–Crippen MR) is 82.0 cm³/mol. The molecule has 0 bridgehead atoms. The lowest BCUT2D eigenvalue weighted by molar-refractivity contribution is -0.118. The van der Waals surface area contributed by atoms with Crippen molar-refractivity contribution in [1.82, 2.24) is 10.2 Å². The van der Waals surface area contributed by atoms with E-state index in [9.17, 15) is 4.79 Å². The molecule has 0 spiro atoms. The van der Waals surface area contributed by atoms with Gasteiger partial charge in [0.2, 0.25) is 5.91 Å². The summed E-state index contributed by atoms with van der Waals surface area (Å²) in [6.45, 7) is 2.71. The van der Waals surface area contributed by atoms with Gasteiger partial charge >= 0.3 is 0 Å². The second kappa shape index (κ2) is 7.11. The molecule has 3 nitrogen and oxygen atoms in total. The van der Waals surface area contributed by atoms with Gasteiger partial charge in [0.1, 0.15) is 4.32 Å². The number of carbonyl (C=O) groups is 1. The predicted octanol–water partition coefficient (Wildman–Crippen LogP) is 2.48. The molecule has 98 valence electrons. The third-order valence-electron chi connectivity index (χ3n) is 2.73. The highest BCUT2D eigenvalue weighted by Crippen LogP contribution is 2.16. The van der Waals surface area contributed by atoms with Gasteiger partial charge in [-0.15, -0.1) is 11.3 Å². The monoisotopic (exact) mass is 300 g/mol. The van der Waals surface area contributed by atoms with Crippen LogP contribution in [0.25, 0.3) is 0 Å². The van der Waals surface area contributed by atoms with Gasteiger partial charge in [-0.1, -0.05) is 30.0 Å². The van der Waals surface area contributed by atoms with Crippen molar-refractivity contribution >= 4 is 45.5 Å². The van der Waals surface area contributed by atoms with Gasteiger partial charge in [0.15, 0.2) is 0 Å². The molecule has 1 N–H and O–H groups in total. The molecule has 1 saturated heterocycles. The van der Waals surface area contributed by atoms with Crippen LogP contribution in [0.15, 0.2) is 17.5 Å². The summed E-state index contributed by atoms with van der Waals surface area (Å²) in [5, 5.41) is 4.92. The van der Waals surface area contributed by atoms with E-state index in [1.54, 1.807) is 11.3 Å². The molecule has 1 fully saturated rings. The Morgan fingerprint density at radius 1 is 1.50 bits per heavy atom. The lowest BCUT2D eigenvalue weighted by atomic mass is 10.4. The van der Waals surface area contributed by atoms with Gasteiger partial charge in [-0.05, 0) is 24.3 Å². The smallest absolute Gasteiger partial charge is 0.230 e. The molecule has 1 aromatic rings. The van der Waals surface area contributed by atoms with Crippen molar-refractivity contribution in [3.05, 3.63) is 22.4 Å². The molecule has 6 heteroatoms. The highest BCUT2D eigenvalue weighted by molar-refractivity contribution is 8.23. The Bertz CT molecular complexity index is 399. The third kappa shape index (κ3) is 4.26. The molecule has 18 heavy (non-hydrogen) atoms. The van der Waals surface area contributed by atoms with Crippen LogP contribution in [0.3, 0.4) is 0 Å². The molecule has 1 aliphatic rings. The van der Waals surface area contributed by atoms with Crippen LogP contribution in [0.5, 0.6) is 0 Å². The number of thiophene rings is 1. The topological polar surface area (TPSA) is 32.3 Å². The Hall–Kier alpha value is -0.590. The van der Waals surface area contributed by atoms with E-state index in [1.807, 2.05) is 17.5 Å². The quantitative estimate of drug-likeness (QED) is 0.866. The first kappa shape index (κ1) is 13.8. The van der Waals surface area contributed by atoms with Crippen molar-refractivity contribution < 1.29 is 4.79 Å². The summed E-state index contributed by atoms with van der Waals surface area (Å²) < 4.78 is 0.860. The average molecular weight is 300 g/mol. The fourth-order valence-corrected chi connectivity index (χ4v) is 3.49. The summed E-state index contributed by atoms with van der Waals surface area (Å²) in [6, 6.07) is 4.01. The summed E-state index contributed by atoms with van der Waals surface area (Å²) in [5.41, 5.74) is 0. The Morgan fingerprint density at radius 3 is 2.94 bits per heavy atom. The SMILES string of the molecule is O=C(CSC(=S)N1CCCC1)NCc1cccs1. The minimum atomic E-state index is 0.0509. The molecule has 0 unspecified atom stereocenters. The molecule has 0 atom stereocenters. The zero-order valence-corrected chi connectivity index (χ0v) is 12.5. The normalized spacial score (nSPS) is 14.8. The summed E-state index contributed by atoms with van der Waals surface area (Å²) in [6.07, 6.45) is 2.43. The number of thioether (sulfide) groups is 1. The summed E-state index contributed by atoms with van der Waals surface area (Å²) >= 11 is 8.43. The van der Waals surface area contributed by atoms with Gasteiger partial charge in [0, 0.05) is 18.0 Å². The van der Waals surface area contributed by atoms with Crippen LogP contribution in [0.2, 0.25) is 0 Å². The van der Waals surface area contributed by atoms with Crippen molar-refractivity contribution in [1.29, 1.82) is 0 Å². The van der Waals surface area contributed by atoms with E-state index in [0.717, 1.165) is 17.4 Å². The van der Waals surface area contributed by atoms with Gasteiger partial charge in [-0.2, -0.15) is 0 Å². The molecule has 0 radical (unpaired) electrons. The zero-order chi connectivity index (χ0) is 12.8. The van der Waals surface area contributed by atoms with Gasteiger partial charge in [-0.25, -0.2) is 0 Å². The molecular weight excluding hydrogens is 284 g/mol. The maximum Gasteiger partial charge on any atom is 0.230 e. The number of carbonyl (C=O) groups excluding carboxylic acids is 1. The van der Waals surface area contributed by atoms with Crippen molar-refractivity contribution in [2.45, 2.75) is 19.4 Å². The minimum Gasteiger partial charge on any atom is -0.358 e. The number of likely N-dealkylation sites (tertiary alicyclic amines) is 1. The Balaban J connectivity index is 1.63. The van der Waals surface area contributed by atoms with Crippen LogP contribution in [-0.4, -0.2) is 34.0 Å². The van der Waals surface area contributed by atoms with E-state index in [2.05, 4.69) is 10.2 Å². The molecule has 1 amide bonds. The van der Waals surface area contributed by atoms with Crippen molar-refractivity contribution in [3.63, 3.8) is 0 Å². The summed E-state index contributed by atoms with van der Waals surface area (Å²) in [4.78, 5) is 15.0. The maximum atomic E-state index is 11.7. The van der Waals surface area contributed by atoms with Crippen LogP contribution < -0.4 is 5.32 Å². The van der Waals surface area contributed by atoms with Gasteiger partial charge in [0.25, 0.3) is 0 Å². The van der Waals surface area contributed by atoms with E-state index in [0.29, 0.717) is 12.3 Å². The first-order valence-electron chi connectivity index (χ1n) is 5.96. The number of nitrogens with zero attached hydrogens (tertiary/aromatic N) is 1. The van der Waals surface area contributed by atoms with Crippen LogP contribution in [0, 0.1) is 0 Å². The lowest BCUT2D eigenvalue weighted by Gasteiger charge is -2.17. The fraction of sp³-hybridized carbons (Fsp3) is 0.500. The molecule has 1 aromatic heterocycles. The summed E-state index contributed by atoms with van der Waals surface area (Å²) in [5.74, 6) is 0.468. The number of thiocarbonyl (C=S) groups is 1. The van der Waals surface area contributed by atoms with E-state index in [1.165, 1.54) is 29.5 Å². The van der Waals surface area contributed by atoms with Crippen molar-refractivity contribution in [2.24, 2.45) is 0 Å². The van der Waals surface area contributed by atoms with Crippen LogP contribution in [0.4, 0.5) is 0 Å².